The average Bonchev–Trinajstić information content (AvgIpc) is 2.67. The summed E-state index contributed by atoms with van der Waals surface area (Å²) >= 11 is 0. The molecular weight excluding hydrogens is 367 g/mol. The third-order valence-corrected chi connectivity index (χ3v) is 5.14. The van der Waals surface area contributed by atoms with E-state index in [1.54, 1.807) is 6.07 Å². The van der Waals surface area contributed by atoms with E-state index in [-0.39, 0.29) is 29.7 Å². The Morgan fingerprint density at radius 1 is 1.14 bits per heavy atom. The highest BCUT2D eigenvalue weighted by Crippen LogP contribution is 2.26. The van der Waals surface area contributed by atoms with Crippen molar-refractivity contribution in [1.82, 2.24) is 0 Å². The van der Waals surface area contributed by atoms with Crippen LogP contribution in [0.25, 0.3) is 0 Å². The fraction of sp³-hybridized carbons (Fsp3) is 0.280. The lowest BCUT2D eigenvalue weighted by molar-refractivity contribution is -0.115. The highest BCUT2D eigenvalue weighted by Gasteiger charge is 2.20. The Balaban J connectivity index is 1.67. The van der Waals surface area contributed by atoms with E-state index in [2.05, 4.69) is 0 Å². The molecule has 3 nitrogen and oxygen atoms in total. The predicted molar refractivity (Wildman–Crippen MR) is 112 cm³/mol. The fourth-order valence-corrected chi connectivity index (χ4v) is 3.58. The van der Waals surface area contributed by atoms with Gasteiger partial charge in [-0.15, -0.1) is 0 Å². The van der Waals surface area contributed by atoms with Gasteiger partial charge >= 0.3 is 0 Å². The number of para-hydroxylation sites is 1. The average molecular weight is 392 g/mol. The normalized spacial score (nSPS) is 15.2. The van der Waals surface area contributed by atoms with Crippen LogP contribution >= 0.6 is 0 Å². The van der Waals surface area contributed by atoms with E-state index in [9.17, 15) is 14.0 Å². The van der Waals surface area contributed by atoms with Gasteiger partial charge in [0.15, 0.2) is 11.6 Å². The number of hydrogen-bond acceptors (Lipinski definition) is 3. The van der Waals surface area contributed by atoms with Gasteiger partial charge in [0.05, 0.1) is 5.56 Å². The van der Waals surface area contributed by atoms with Crippen LogP contribution in [-0.4, -0.2) is 11.6 Å². The lowest BCUT2D eigenvalue weighted by atomic mass is 9.88. The van der Waals surface area contributed by atoms with Gasteiger partial charge in [-0.1, -0.05) is 35.9 Å². The van der Waals surface area contributed by atoms with E-state index in [0.29, 0.717) is 29.7 Å². The van der Waals surface area contributed by atoms with Gasteiger partial charge in [0.2, 0.25) is 0 Å². The second-order valence-corrected chi connectivity index (χ2v) is 7.49. The van der Waals surface area contributed by atoms with Crippen molar-refractivity contribution in [3.8, 4) is 5.75 Å². The number of ether oxygens (including phenoxy) is 1. The minimum Gasteiger partial charge on any atom is -0.486 e. The van der Waals surface area contributed by atoms with Gasteiger partial charge in [-0.3, -0.25) is 9.59 Å². The zero-order valence-electron chi connectivity index (χ0n) is 17.0. The van der Waals surface area contributed by atoms with Crippen LogP contribution in [0.2, 0.25) is 0 Å². The number of benzene rings is 2. The van der Waals surface area contributed by atoms with E-state index in [0.717, 1.165) is 11.1 Å². The third kappa shape index (κ3) is 5.08. The molecule has 0 N–H and O–H groups in total. The summed E-state index contributed by atoms with van der Waals surface area (Å²) in [6.45, 7) is 5.63. The summed E-state index contributed by atoms with van der Waals surface area (Å²) in [7, 11) is 0. The van der Waals surface area contributed by atoms with Gasteiger partial charge in [0.25, 0.3) is 0 Å². The van der Waals surface area contributed by atoms with Crippen molar-refractivity contribution < 1.29 is 18.7 Å². The first-order valence-electron chi connectivity index (χ1n) is 9.79. The molecule has 1 aliphatic carbocycles. The Bertz CT molecular complexity index is 986. The van der Waals surface area contributed by atoms with E-state index in [1.165, 1.54) is 12.1 Å². The zero-order valence-corrected chi connectivity index (χ0v) is 17.0. The molecule has 4 heteroatoms. The Labute approximate surface area is 170 Å². The number of rotatable bonds is 7. The largest absolute Gasteiger partial charge is 0.486 e. The van der Waals surface area contributed by atoms with Crippen molar-refractivity contribution >= 4 is 11.6 Å². The molecule has 0 saturated heterocycles. The molecule has 2 aromatic carbocycles. The summed E-state index contributed by atoms with van der Waals surface area (Å²) in [6.07, 6.45) is 2.46. The van der Waals surface area contributed by atoms with Crippen LogP contribution in [0, 0.1) is 5.82 Å². The lowest BCUT2D eigenvalue weighted by Gasteiger charge is -2.16. The molecule has 1 atom stereocenters. The molecule has 0 amide bonds. The first-order chi connectivity index (χ1) is 13.8. The van der Waals surface area contributed by atoms with Gasteiger partial charge in [-0.05, 0) is 68.2 Å². The molecule has 2 aromatic rings. The molecule has 0 heterocycles. The second kappa shape index (κ2) is 8.99. The van der Waals surface area contributed by atoms with Crippen LogP contribution < -0.4 is 4.74 Å². The number of ketones is 2. The predicted octanol–water partition coefficient (Wildman–Crippen LogP) is 6.16. The van der Waals surface area contributed by atoms with Gasteiger partial charge in [0, 0.05) is 12.8 Å². The quantitative estimate of drug-likeness (QED) is 0.530. The van der Waals surface area contributed by atoms with Crippen molar-refractivity contribution in [1.29, 1.82) is 0 Å². The molecule has 0 bridgehead atoms. The number of carbonyl (C=O) groups excluding carboxylic acids is 2. The Morgan fingerprint density at radius 3 is 2.52 bits per heavy atom. The highest BCUT2D eigenvalue weighted by atomic mass is 19.1. The second-order valence-electron chi connectivity index (χ2n) is 7.49. The molecule has 0 fully saturated rings. The molecule has 0 spiro atoms. The summed E-state index contributed by atoms with van der Waals surface area (Å²) in [4.78, 5) is 24.7. The Hall–Kier alpha value is -3.01. The maximum Gasteiger partial charge on any atom is 0.166 e. The highest BCUT2D eigenvalue weighted by molar-refractivity contribution is 6.01. The van der Waals surface area contributed by atoms with Crippen LogP contribution in [-0.2, 0) is 4.79 Å². The van der Waals surface area contributed by atoms with Crippen molar-refractivity contribution in [2.24, 2.45) is 0 Å². The summed E-state index contributed by atoms with van der Waals surface area (Å²) < 4.78 is 20.4. The molecule has 0 radical (unpaired) electrons. The monoisotopic (exact) mass is 392 g/mol. The maximum absolute atomic E-state index is 14.6. The van der Waals surface area contributed by atoms with Crippen LogP contribution in [0.15, 0.2) is 71.3 Å². The number of halogens is 1. The lowest BCUT2D eigenvalue weighted by Crippen LogP contribution is -2.12. The standard InChI is InChI=1S/C25H25FO3/c1-16-13-17(2)21(25(28)14-16)11-12-24(27)22-10-9-19(15-23(22)26)18(3)29-20-7-5-4-6-8-20/h4-10,13,15,18H,11-12,14H2,1-3H3/t18-/m0/s1. The van der Waals surface area contributed by atoms with Gasteiger partial charge in [-0.25, -0.2) is 4.39 Å². The van der Waals surface area contributed by atoms with Crippen molar-refractivity contribution in [3.63, 3.8) is 0 Å². The number of allylic oxidation sites excluding steroid dienone is 4. The van der Waals surface area contributed by atoms with E-state index in [1.807, 2.05) is 57.2 Å². The van der Waals surface area contributed by atoms with Gasteiger partial charge in [-0.2, -0.15) is 0 Å². The SMILES string of the molecule is CC1=CC(C)=C(CCC(=O)c2ccc([C@H](C)Oc3ccccc3)cc2F)C(=O)C1. The summed E-state index contributed by atoms with van der Waals surface area (Å²) in [5, 5.41) is 0. The Morgan fingerprint density at radius 2 is 1.86 bits per heavy atom. The summed E-state index contributed by atoms with van der Waals surface area (Å²) in [5.74, 6) is -0.110. The molecule has 3 rings (SSSR count). The first-order valence-corrected chi connectivity index (χ1v) is 9.79. The third-order valence-electron chi connectivity index (χ3n) is 5.14. The van der Waals surface area contributed by atoms with Crippen LogP contribution in [0.3, 0.4) is 0 Å². The maximum atomic E-state index is 14.6. The van der Waals surface area contributed by atoms with Crippen LogP contribution in [0.1, 0.15) is 62.1 Å². The molecule has 150 valence electrons. The smallest absolute Gasteiger partial charge is 0.166 e. The van der Waals surface area contributed by atoms with Gasteiger partial charge < -0.3 is 4.74 Å². The van der Waals surface area contributed by atoms with Crippen molar-refractivity contribution in [3.05, 3.63) is 88.3 Å². The minimum atomic E-state index is -0.563. The Kier molecular flexibility index (Phi) is 6.42. The summed E-state index contributed by atoms with van der Waals surface area (Å²) in [5.41, 5.74) is 3.30. The zero-order chi connectivity index (χ0) is 21.0. The number of Topliss-reactive ketones (excluding diaryl/α,β-unsaturated/α-hetero) is 2. The molecule has 0 unspecified atom stereocenters. The molecule has 29 heavy (non-hydrogen) atoms. The van der Waals surface area contributed by atoms with E-state index < -0.39 is 5.82 Å². The van der Waals surface area contributed by atoms with Crippen LogP contribution in [0.5, 0.6) is 5.75 Å². The van der Waals surface area contributed by atoms with Crippen molar-refractivity contribution in [2.45, 2.75) is 46.1 Å². The molecule has 0 aliphatic heterocycles. The molecule has 1 aliphatic rings. The van der Waals surface area contributed by atoms with Gasteiger partial charge in [0.1, 0.15) is 17.7 Å². The molecular formula is C25H25FO3. The molecule has 0 saturated carbocycles. The number of carbonyl (C=O) groups is 2. The summed E-state index contributed by atoms with van der Waals surface area (Å²) in [6, 6.07) is 13.9. The van der Waals surface area contributed by atoms with E-state index in [4.69, 9.17) is 4.74 Å². The minimum absolute atomic E-state index is 0.0499. The fourth-order valence-electron chi connectivity index (χ4n) is 3.58. The van der Waals surface area contributed by atoms with E-state index >= 15 is 0 Å². The number of hydrogen-bond donors (Lipinski definition) is 0. The molecule has 0 aromatic heterocycles. The van der Waals surface area contributed by atoms with Crippen LogP contribution in [0.4, 0.5) is 4.39 Å². The topological polar surface area (TPSA) is 43.4 Å². The first kappa shape index (κ1) is 20.7. The van der Waals surface area contributed by atoms with Crippen molar-refractivity contribution in [2.75, 3.05) is 0 Å².